The SMILES string of the molecule is c1ccc(N[C@H]2COC3(CCNCC3)C2)nc1. The van der Waals surface area contributed by atoms with Crippen molar-refractivity contribution in [2.75, 3.05) is 25.0 Å². The molecule has 3 rings (SSSR count). The van der Waals surface area contributed by atoms with Crippen LogP contribution in [0.5, 0.6) is 0 Å². The van der Waals surface area contributed by atoms with Crippen molar-refractivity contribution < 1.29 is 4.74 Å². The molecule has 0 aliphatic carbocycles. The molecular weight excluding hydrogens is 214 g/mol. The van der Waals surface area contributed by atoms with Gasteiger partial charge in [-0.1, -0.05) is 6.07 Å². The predicted molar refractivity (Wildman–Crippen MR) is 67.1 cm³/mol. The molecule has 2 fully saturated rings. The van der Waals surface area contributed by atoms with Crippen LogP contribution in [-0.4, -0.2) is 36.3 Å². The average Bonchev–Trinajstić information content (AvgIpc) is 2.74. The summed E-state index contributed by atoms with van der Waals surface area (Å²) in [5.41, 5.74) is 0.123. The zero-order valence-corrected chi connectivity index (χ0v) is 9.98. The third kappa shape index (κ3) is 2.42. The van der Waals surface area contributed by atoms with Crippen molar-refractivity contribution in [3.8, 4) is 0 Å². The molecule has 17 heavy (non-hydrogen) atoms. The minimum absolute atomic E-state index is 0.123. The van der Waals surface area contributed by atoms with Crippen LogP contribution < -0.4 is 10.6 Å². The van der Waals surface area contributed by atoms with Crippen LogP contribution in [0, 0.1) is 0 Å². The Balaban J connectivity index is 1.60. The van der Waals surface area contributed by atoms with Crippen LogP contribution in [-0.2, 0) is 4.74 Å². The quantitative estimate of drug-likeness (QED) is 0.810. The van der Waals surface area contributed by atoms with E-state index in [1.807, 2.05) is 24.4 Å². The van der Waals surface area contributed by atoms with Crippen LogP contribution in [0.3, 0.4) is 0 Å². The van der Waals surface area contributed by atoms with Crippen molar-refractivity contribution in [3.05, 3.63) is 24.4 Å². The molecular formula is C13H19N3O. The van der Waals surface area contributed by atoms with Crippen LogP contribution >= 0.6 is 0 Å². The molecule has 2 aliphatic rings. The first-order valence-corrected chi connectivity index (χ1v) is 6.39. The molecule has 92 valence electrons. The Morgan fingerprint density at radius 2 is 2.24 bits per heavy atom. The Morgan fingerprint density at radius 3 is 3.00 bits per heavy atom. The van der Waals surface area contributed by atoms with Crippen LogP contribution in [0.25, 0.3) is 0 Å². The van der Waals surface area contributed by atoms with Crippen molar-refractivity contribution in [2.45, 2.75) is 30.9 Å². The summed E-state index contributed by atoms with van der Waals surface area (Å²) in [5.74, 6) is 0.951. The van der Waals surface area contributed by atoms with Crippen molar-refractivity contribution in [1.29, 1.82) is 0 Å². The number of hydrogen-bond acceptors (Lipinski definition) is 4. The lowest BCUT2D eigenvalue weighted by Crippen LogP contribution is -2.41. The van der Waals surface area contributed by atoms with Gasteiger partial charge in [-0.15, -0.1) is 0 Å². The maximum Gasteiger partial charge on any atom is 0.126 e. The van der Waals surface area contributed by atoms with Gasteiger partial charge >= 0.3 is 0 Å². The van der Waals surface area contributed by atoms with Crippen molar-refractivity contribution >= 4 is 5.82 Å². The van der Waals surface area contributed by atoms with Gasteiger partial charge in [0.2, 0.25) is 0 Å². The third-order valence-electron chi connectivity index (χ3n) is 3.74. The van der Waals surface area contributed by atoms with Gasteiger partial charge in [0.25, 0.3) is 0 Å². The highest BCUT2D eigenvalue weighted by Gasteiger charge is 2.41. The standard InChI is InChI=1S/C13H19N3O/c1-2-6-15-12(3-1)16-11-9-13(17-10-11)4-7-14-8-5-13/h1-3,6,11,14H,4-5,7-10H2,(H,15,16)/t11-/m1/s1. The van der Waals surface area contributed by atoms with Gasteiger partial charge in [0.15, 0.2) is 0 Å². The van der Waals surface area contributed by atoms with E-state index in [4.69, 9.17) is 4.74 Å². The molecule has 2 N–H and O–H groups in total. The normalized spacial score (nSPS) is 27.2. The third-order valence-corrected chi connectivity index (χ3v) is 3.74. The number of pyridine rings is 1. The van der Waals surface area contributed by atoms with Gasteiger partial charge in [-0.3, -0.25) is 0 Å². The van der Waals surface area contributed by atoms with Crippen molar-refractivity contribution in [2.24, 2.45) is 0 Å². The number of hydrogen-bond donors (Lipinski definition) is 2. The molecule has 2 aliphatic heterocycles. The molecule has 1 aromatic rings. The number of nitrogens with one attached hydrogen (secondary N) is 2. The van der Waals surface area contributed by atoms with Crippen LogP contribution in [0.1, 0.15) is 19.3 Å². The smallest absolute Gasteiger partial charge is 0.126 e. The number of anilines is 1. The molecule has 0 bridgehead atoms. The summed E-state index contributed by atoms with van der Waals surface area (Å²) in [4.78, 5) is 4.30. The maximum atomic E-state index is 6.04. The first kappa shape index (κ1) is 11.0. The second-order valence-electron chi connectivity index (χ2n) is 5.00. The summed E-state index contributed by atoms with van der Waals surface area (Å²) in [6.07, 6.45) is 5.19. The molecule has 4 heteroatoms. The lowest BCUT2D eigenvalue weighted by Gasteiger charge is -2.32. The Hall–Kier alpha value is -1.13. The molecule has 0 radical (unpaired) electrons. The van der Waals surface area contributed by atoms with Crippen LogP contribution in [0.4, 0.5) is 5.82 Å². The number of piperidine rings is 1. The van der Waals surface area contributed by atoms with E-state index in [-0.39, 0.29) is 5.60 Å². The number of nitrogens with zero attached hydrogens (tertiary/aromatic N) is 1. The zero-order chi connectivity index (χ0) is 11.6. The van der Waals surface area contributed by atoms with Gasteiger partial charge < -0.3 is 15.4 Å². The van der Waals surface area contributed by atoms with Crippen molar-refractivity contribution in [1.82, 2.24) is 10.3 Å². The minimum Gasteiger partial charge on any atom is -0.373 e. The largest absolute Gasteiger partial charge is 0.373 e. The van der Waals surface area contributed by atoms with Crippen molar-refractivity contribution in [3.63, 3.8) is 0 Å². The summed E-state index contributed by atoms with van der Waals surface area (Å²) in [6.45, 7) is 2.96. The van der Waals surface area contributed by atoms with Gasteiger partial charge in [-0.2, -0.15) is 0 Å². The fourth-order valence-corrected chi connectivity index (χ4v) is 2.83. The average molecular weight is 233 g/mol. The number of ether oxygens (including phenoxy) is 1. The Morgan fingerprint density at radius 1 is 1.35 bits per heavy atom. The molecule has 4 nitrogen and oxygen atoms in total. The summed E-state index contributed by atoms with van der Waals surface area (Å²) in [7, 11) is 0. The topological polar surface area (TPSA) is 46.2 Å². The van der Waals surface area contributed by atoms with Gasteiger partial charge in [0.05, 0.1) is 18.2 Å². The molecule has 1 aromatic heterocycles. The molecule has 0 saturated carbocycles. The van der Waals surface area contributed by atoms with Gasteiger partial charge in [0.1, 0.15) is 5.82 Å². The van der Waals surface area contributed by atoms with E-state index in [1.165, 1.54) is 0 Å². The fraction of sp³-hybridized carbons (Fsp3) is 0.615. The van der Waals surface area contributed by atoms with Gasteiger partial charge in [-0.25, -0.2) is 4.98 Å². The maximum absolute atomic E-state index is 6.04. The second-order valence-corrected chi connectivity index (χ2v) is 5.00. The van der Waals surface area contributed by atoms with E-state index < -0.39 is 0 Å². The first-order valence-electron chi connectivity index (χ1n) is 6.39. The summed E-state index contributed by atoms with van der Waals surface area (Å²) < 4.78 is 6.04. The minimum atomic E-state index is 0.123. The summed E-state index contributed by atoms with van der Waals surface area (Å²) in [5, 5.41) is 6.84. The molecule has 3 heterocycles. The van der Waals surface area contributed by atoms with Crippen LogP contribution in [0.15, 0.2) is 24.4 Å². The monoisotopic (exact) mass is 233 g/mol. The lowest BCUT2D eigenvalue weighted by atomic mass is 9.88. The van der Waals surface area contributed by atoms with E-state index in [9.17, 15) is 0 Å². The highest BCUT2D eigenvalue weighted by molar-refractivity contribution is 5.35. The summed E-state index contributed by atoms with van der Waals surface area (Å²) >= 11 is 0. The van der Waals surface area contributed by atoms with Gasteiger partial charge in [0, 0.05) is 6.20 Å². The highest BCUT2D eigenvalue weighted by Crippen LogP contribution is 2.34. The number of aromatic nitrogens is 1. The Bertz CT molecular complexity index is 362. The van der Waals surface area contributed by atoms with Gasteiger partial charge in [-0.05, 0) is 44.5 Å². The molecule has 2 saturated heterocycles. The first-order chi connectivity index (χ1) is 8.36. The number of rotatable bonds is 2. The molecule has 1 spiro atoms. The zero-order valence-electron chi connectivity index (χ0n) is 9.98. The molecule has 0 unspecified atom stereocenters. The van der Waals surface area contributed by atoms with E-state index in [1.54, 1.807) is 0 Å². The molecule has 0 aromatic carbocycles. The van der Waals surface area contributed by atoms with E-state index in [2.05, 4.69) is 15.6 Å². The fourth-order valence-electron chi connectivity index (χ4n) is 2.83. The van der Waals surface area contributed by atoms with E-state index in [0.29, 0.717) is 6.04 Å². The Labute approximate surface area is 102 Å². The Kier molecular flexibility index (Phi) is 2.99. The molecule has 1 atom stereocenters. The molecule has 0 amide bonds. The second kappa shape index (κ2) is 4.63. The van der Waals surface area contributed by atoms with Crippen LogP contribution in [0.2, 0.25) is 0 Å². The summed E-state index contributed by atoms with van der Waals surface area (Å²) in [6, 6.07) is 6.35. The lowest BCUT2D eigenvalue weighted by molar-refractivity contribution is -0.0192. The van der Waals surface area contributed by atoms with E-state index >= 15 is 0 Å². The highest BCUT2D eigenvalue weighted by atomic mass is 16.5. The van der Waals surface area contributed by atoms with E-state index in [0.717, 1.165) is 44.8 Å². The predicted octanol–water partition coefficient (Wildman–Crippen LogP) is 1.40.